The van der Waals surface area contributed by atoms with E-state index < -0.39 is 0 Å². The van der Waals surface area contributed by atoms with Gasteiger partial charge in [0, 0.05) is 25.1 Å². The Labute approximate surface area is 118 Å². The zero-order chi connectivity index (χ0) is 13.0. The highest BCUT2D eigenvalue weighted by atomic mass is 79.9. The van der Waals surface area contributed by atoms with Crippen LogP contribution in [0.2, 0.25) is 0 Å². The molecule has 1 saturated carbocycles. The Bertz CT molecular complexity index is 389. The van der Waals surface area contributed by atoms with Crippen molar-refractivity contribution < 1.29 is 0 Å². The lowest BCUT2D eigenvalue weighted by Crippen LogP contribution is -2.37. The summed E-state index contributed by atoms with van der Waals surface area (Å²) in [6.07, 6.45) is 7.59. The van der Waals surface area contributed by atoms with Crippen molar-refractivity contribution in [1.82, 2.24) is 9.97 Å². The van der Waals surface area contributed by atoms with Gasteiger partial charge in [-0.15, -0.1) is 0 Å². The number of rotatable bonds is 4. The van der Waals surface area contributed by atoms with Gasteiger partial charge in [0.05, 0.1) is 0 Å². The van der Waals surface area contributed by atoms with Gasteiger partial charge in [0.1, 0.15) is 16.2 Å². The number of aromatic nitrogens is 2. The van der Waals surface area contributed by atoms with Gasteiger partial charge in [-0.05, 0) is 35.7 Å². The second-order valence-electron chi connectivity index (χ2n) is 4.90. The summed E-state index contributed by atoms with van der Waals surface area (Å²) in [6, 6.07) is 2.72. The maximum Gasteiger partial charge on any atom is 0.133 e. The van der Waals surface area contributed by atoms with Gasteiger partial charge in [0.2, 0.25) is 0 Å². The molecule has 0 spiro atoms. The Hall–Kier alpha value is -0.640. The van der Waals surface area contributed by atoms with Crippen molar-refractivity contribution in [2.24, 2.45) is 0 Å². The van der Waals surface area contributed by atoms with Crippen LogP contribution in [0.3, 0.4) is 0 Å². The van der Waals surface area contributed by atoms with Crippen LogP contribution >= 0.6 is 15.9 Å². The predicted molar refractivity (Wildman–Crippen MR) is 79.0 cm³/mol. The molecule has 100 valence electrons. The van der Waals surface area contributed by atoms with Gasteiger partial charge in [-0.2, -0.15) is 0 Å². The lowest BCUT2D eigenvalue weighted by molar-refractivity contribution is 0.416. The molecule has 0 amide bonds. The number of anilines is 1. The first-order chi connectivity index (χ1) is 8.74. The average molecular weight is 312 g/mol. The summed E-state index contributed by atoms with van der Waals surface area (Å²) in [5.41, 5.74) is 0. The smallest absolute Gasteiger partial charge is 0.133 e. The minimum Gasteiger partial charge on any atom is -0.354 e. The predicted octanol–water partition coefficient (Wildman–Crippen LogP) is 3.96. The molecule has 18 heavy (non-hydrogen) atoms. The molecule has 0 atom stereocenters. The van der Waals surface area contributed by atoms with Crippen LogP contribution in [0, 0.1) is 0 Å². The molecule has 1 aliphatic rings. The standard InChI is InChI=1S/C14H22BrN3/c1-3-13-16-12(15)10-14(17-13)18(4-2)11-8-6-5-7-9-11/h10-11H,3-9H2,1-2H3. The second kappa shape index (κ2) is 6.50. The second-order valence-corrected chi connectivity index (χ2v) is 5.71. The van der Waals surface area contributed by atoms with Crippen LogP contribution in [-0.4, -0.2) is 22.6 Å². The minimum atomic E-state index is 0.662. The van der Waals surface area contributed by atoms with Gasteiger partial charge < -0.3 is 4.90 Å². The van der Waals surface area contributed by atoms with E-state index in [1.54, 1.807) is 0 Å². The number of halogens is 1. The van der Waals surface area contributed by atoms with E-state index in [1.807, 2.05) is 0 Å². The van der Waals surface area contributed by atoms with Crippen molar-refractivity contribution in [2.75, 3.05) is 11.4 Å². The Morgan fingerprint density at radius 2 is 1.94 bits per heavy atom. The van der Waals surface area contributed by atoms with Crippen LogP contribution in [0.15, 0.2) is 10.7 Å². The summed E-state index contributed by atoms with van der Waals surface area (Å²) >= 11 is 3.50. The molecule has 0 aromatic carbocycles. The normalized spacial score (nSPS) is 16.8. The van der Waals surface area contributed by atoms with Crippen molar-refractivity contribution in [1.29, 1.82) is 0 Å². The van der Waals surface area contributed by atoms with Crippen LogP contribution in [0.25, 0.3) is 0 Å². The Balaban J connectivity index is 2.22. The van der Waals surface area contributed by atoms with E-state index in [2.05, 4.69) is 50.7 Å². The number of nitrogens with zero attached hydrogens (tertiary/aromatic N) is 3. The third kappa shape index (κ3) is 3.22. The Morgan fingerprint density at radius 3 is 2.56 bits per heavy atom. The molecule has 3 nitrogen and oxygen atoms in total. The average Bonchev–Trinajstić information content (AvgIpc) is 2.40. The van der Waals surface area contributed by atoms with Crippen molar-refractivity contribution in [3.63, 3.8) is 0 Å². The van der Waals surface area contributed by atoms with Crippen molar-refractivity contribution in [3.05, 3.63) is 16.5 Å². The largest absolute Gasteiger partial charge is 0.354 e. The van der Waals surface area contributed by atoms with Gasteiger partial charge in [0.25, 0.3) is 0 Å². The van der Waals surface area contributed by atoms with Crippen LogP contribution in [0.1, 0.15) is 51.8 Å². The molecule has 0 aliphatic heterocycles. The first kappa shape index (κ1) is 13.8. The van der Waals surface area contributed by atoms with E-state index in [0.29, 0.717) is 6.04 Å². The van der Waals surface area contributed by atoms with E-state index in [1.165, 1.54) is 32.1 Å². The summed E-state index contributed by atoms with van der Waals surface area (Å²) in [5.74, 6) is 2.01. The number of hydrogen-bond donors (Lipinski definition) is 0. The van der Waals surface area contributed by atoms with Crippen LogP contribution < -0.4 is 4.90 Å². The third-order valence-corrected chi connectivity index (χ3v) is 4.10. The molecule has 2 rings (SSSR count). The molecule has 1 aromatic heterocycles. The first-order valence-corrected chi connectivity index (χ1v) is 7.84. The molecular weight excluding hydrogens is 290 g/mol. The molecule has 0 N–H and O–H groups in total. The summed E-state index contributed by atoms with van der Waals surface area (Å²) in [6.45, 7) is 5.34. The van der Waals surface area contributed by atoms with E-state index in [9.17, 15) is 0 Å². The molecular formula is C14H22BrN3. The first-order valence-electron chi connectivity index (χ1n) is 7.04. The maximum atomic E-state index is 4.68. The Kier molecular flexibility index (Phi) is 4.98. The highest BCUT2D eigenvalue weighted by Gasteiger charge is 2.21. The minimum absolute atomic E-state index is 0.662. The molecule has 4 heteroatoms. The zero-order valence-electron chi connectivity index (χ0n) is 11.3. The fraction of sp³-hybridized carbons (Fsp3) is 0.714. The number of aryl methyl sites for hydroxylation is 1. The summed E-state index contributed by atoms with van der Waals surface area (Å²) < 4.78 is 0.901. The molecule has 0 bridgehead atoms. The van der Waals surface area contributed by atoms with Crippen LogP contribution in [0.4, 0.5) is 5.82 Å². The molecule has 0 radical (unpaired) electrons. The quantitative estimate of drug-likeness (QED) is 0.788. The van der Waals surface area contributed by atoms with Crippen LogP contribution in [0.5, 0.6) is 0 Å². The van der Waals surface area contributed by atoms with Crippen molar-refractivity contribution >= 4 is 21.7 Å². The van der Waals surface area contributed by atoms with Crippen molar-refractivity contribution in [2.45, 2.75) is 58.4 Å². The monoisotopic (exact) mass is 311 g/mol. The summed E-state index contributed by atoms with van der Waals surface area (Å²) in [5, 5.41) is 0. The zero-order valence-corrected chi connectivity index (χ0v) is 12.9. The molecule has 0 saturated heterocycles. The van der Waals surface area contributed by atoms with Gasteiger partial charge in [-0.3, -0.25) is 0 Å². The van der Waals surface area contributed by atoms with Gasteiger partial charge >= 0.3 is 0 Å². The number of hydrogen-bond acceptors (Lipinski definition) is 3. The van der Waals surface area contributed by atoms with Gasteiger partial charge in [-0.1, -0.05) is 26.2 Å². The van der Waals surface area contributed by atoms with E-state index in [0.717, 1.165) is 29.2 Å². The van der Waals surface area contributed by atoms with E-state index >= 15 is 0 Å². The summed E-state index contributed by atoms with van der Waals surface area (Å²) in [4.78, 5) is 11.5. The highest BCUT2D eigenvalue weighted by molar-refractivity contribution is 9.10. The lowest BCUT2D eigenvalue weighted by atomic mass is 9.94. The third-order valence-electron chi connectivity index (χ3n) is 3.69. The van der Waals surface area contributed by atoms with E-state index in [4.69, 9.17) is 0 Å². The fourth-order valence-electron chi connectivity index (χ4n) is 2.76. The Morgan fingerprint density at radius 1 is 1.22 bits per heavy atom. The molecule has 0 unspecified atom stereocenters. The van der Waals surface area contributed by atoms with Crippen molar-refractivity contribution in [3.8, 4) is 0 Å². The molecule has 1 aromatic rings. The lowest BCUT2D eigenvalue weighted by Gasteiger charge is -2.34. The van der Waals surface area contributed by atoms with E-state index in [-0.39, 0.29) is 0 Å². The fourth-order valence-corrected chi connectivity index (χ4v) is 3.17. The highest BCUT2D eigenvalue weighted by Crippen LogP contribution is 2.27. The van der Waals surface area contributed by atoms with Gasteiger partial charge in [0.15, 0.2) is 0 Å². The molecule has 1 fully saturated rings. The maximum absolute atomic E-state index is 4.68. The van der Waals surface area contributed by atoms with Crippen LogP contribution in [-0.2, 0) is 6.42 Å². The summed E-state index contributed by atoms with van der Waals surface area (Å²) in [7, 11) is 0. The molecule has 1 heterocycles. The topological polar surface area (TPSA) is 29.0 Å². The van der Waals surface area contributed by atoms with Gasteiger partial charge in [-0.25, -0.2) is 9.97 Å². The molecule has 1 aliphatic carbocycles. The SMILES string of the molecule is CCc1nc(Br)cc(N(CC)C2CCCCC2)n1.